The molecule has 1 saturated heterocycles. The molecule has 1 aliphatic rings. The van der Waals surface area contributed by atoms with Gasteiger partial charge in [-0.15, -0.1) is 10.2 Å². The van der Waals surface area contributed by atoms with E-state index < -0.39 is 0 Å². The van der Waals surface area contributed by atoms with Crippen molar-refractivity contribution in [2.75, 3.05) is 26.8 Å². The van der Waals surface area contributed by atoms with E-state index in [4.69, 9.17) is 10.00 Å². The molecular weight excluding hydrogens is 422 g/mol. The fourth-order valence-corrected chi connectivity index (χ4v) is 4.99. The number of rotatable bonds is 8. The van der Waals surface area contributed by atoms with Crippen LogP contribution in [0.5, 0.6) is 0 Å². The topological polar surface area (TPSA) is 77.8 Å². The molecule has 0 radical (unpaired) electrons. The highest BCUT2D eigenvalue weighted by atomic mass is 16.5. The first-order valence-corrected chi connectivity index (χ1v) is 12.3. The van der Waals surface area contributed by atoms with Crippen LogP contribution in [0.3, 0.4) is 0 Å². The third-order valence-electron chi connectivity index (χ3n) is 7.06. The predicted molar refractivity (Wildman–Crippen MR) is 135 cm³/mol. The van der Waals surface area contributed by atoms with E-state index in [1.807, 2.05) is 12.1 Å². The van der Waals surface area contributed by atoms with E-state index in [9.17, 15) is 0 Å². The molecule has 3 aromatic rings. The van der Waals surface area contributed by atoms with Gasteiger partial charge in [0, 0.05) is 25.1 Å². The van der Waals surface area contributed by atoms with E-state index in [0.29, 0.717) is 12.5 Å². The number of aryl methyl sites for hydroxylation is 2. The van der Waals surface area contributed by atoms with Crippen LogP contribution in [0.25, 0.3) is 11.4 Å². The number of benzene rings is 2. The summed E-state index contributed by atoms with van der Waals surface area (Å²) < 4.78 is 5.27. The lowest BCUT2D eigenvalue weighted by atomic mass is 9.88. The number of nitrogens with one attached hydrogen (secondary N) is 1. The van der Waals surface area contributed by atoms with E-state index in [0.717, 1.165) is 61.7 Å². The zero-order valence-corrected chi connectivity index (χ0v) is 20.8. The minimum Gasteiger partial charge on any atom is -0.384 e. The van der Waals surface area contributed by atoms with Crippen molar-refractivity contribution in [3.8, 4) is 17.5 Å². The van der Waals surface area contributed by atoms with Gasteiger partial charge < -0.3 is 9.72 Å². The van der Waals surface area contributed by atoms with Gasteiger partial charge in [-0.25, -0.2) is 0 Å². The maximum atomic E-state index is 9.04. The molecule has 1 aliphatic heterocycles. The number of aromatic amines is 1. The number of likely N-dealkylation sites (tertiary alicyclic amines) is 1. The molecule has 0 spiro atoms. The van der Waals surface area contributed by atoms with E-state index >= 15 is 0 Å². The van der Waals surface area contributed by atoms with Gasteiger partial charge in [-0.2, -0.15) is 5.26 Å². The molecule has 34 heavy (non-hydrogen) atoms. The summed E-state index contributed by atoms with van der Waals surface area (Å²) in [6.07, 6.45) is 3.31. The molecule has 0 amide bonds. The Kier molecular flexibility index (Phi) is 7.77. The van der Waals surface area contributed by atoms with E-state index in [1.54, 1.807) is 7.11 Å². The first-order chi connectivity index (χ1) is 16.5. The average Bonchev–Trinajstić information content (AvgIpc) is 3.36. The quantitative estimate of drug-likeness (QED) is 0.494. The molecular formula is C28H35N5O. The smallest absolute Gasteiger partial charge is 0.161 e. The molecule has 1 aromatic heterocycles. The Morgan fingerprint density at radius 1 is 1.15 bits per heavy atom. The summed E-state index contributed by atoms with van der Waals surface area (Å²) in [6.45, 7) is 10.2. The van der Waals surface area contributed by atoms with Gasteiger partial charge in [-0.05, 0) is 85.6 Å². The molecule has 2 heterocycles. The highest BCUT2D eigenvalue weighted by Crippen LogP contribution is 2.31. The predicted octanol–water partition coefficient (Wildman–Crippen LogP) is 5.34. The van der Waals surface area contributed by atoms with Crippen molar-refractivity contribution in [2.24, 2.45) is 0 Å². The summed E-state index contributed by atoms with van der Waals surface area (Å²) in [5.74, 6) is 2.45. The molecule has 178 valence electrons. The monoisotopic (exact) mass is 457 g/mol. The molecule has 0 bridgehead atoms. The number of piperidine rings is 1. The molecule has 1 fully saturated rings. The van der Waals surface area contributed by atoms with Crippen molar-refractivity contribution < 1.29 is 4.74 Å². The molecule has 0 aliphatic carbocycles. The maximum absolute atomic E-state index is 9.04. The van der Waals surface area contributed by atoms with Gasteiger partial charge in [-0.3, -0.25) is 4.90 Å². The number of hydrogen-bond acceptors (Lipinski definition) is 5. The Morgan fingerprint density at radius 3 is 2.53 bits per heavy atom. The van der Waals surface area contributed by atoms with Crippen molar-refractivity contribution in [1.82, 2.24) is 20.1 Å². The van der Waals surface area contributed by atoms with Crippen LogP contribution in [0.2, 0.25) is 0 Å². The lowest BCUT2D eigenvalue weighted by Gasteiger charge is -2.33. The van der Waals surface area contributed by atoms with Gasteiger partial charge in [0.15, 0.2) is 5.82 Å². The largest absolute Gasteiger partial charge is 0.384 e. The molecule has 1 N–H and O–H groups in total. The van der Waals surface area contributed by atoms with E-state index in [-0.39, 0.29) is 5.92 Å². The Bertz CT molecular complexity index is 1140. The molecule has 0 saturated carbocycles. The Hall–Kier alpha value is -3.01. The van der Waals surface area contributed by atoms with E-state index in [2.05, 4.69) is 71.2 Å². The fourth-order valence-electron chi connectivity index (χ4n) is 4.99. The van der Waals surface area contributed by atoms with Crippen molar-refractivity contribution in [3.05, 3.63) is 70.0 Å². The third-order valence-corrected chi connectivity index (χ3v) is 7.06. The van der Waals surface area contributed by atoms with Crippen LogP contribution in [-0.4, -0.2) is 46.9 Å². The van der Waals surface area contributed by atoms with Crippen LogP contribution in [0.15, 0.2) is 36.4 Å². The van der Waals surface area contributed by atoms with Crippen molar-refractivity contribution in [2.45, 2.75) is 58.4 Å². The molecule has 1 unspecified atom stereocenters. The Morgan fingerprint density at radius 2 is 1.88 bits per heavy atom. The zero-order chi connectivity index (χ0) is 24.1. The second kappa shape index (κ2) is 10.9. The van der Waals surface area contributed by atoms with Gasteiger partial charge in [0.1, 0.15) is 5.82 Å². The summed E-state index contributed by atoms with van der Waals surface area (Å²) in [7, 11) is 1.71. The number of H-pyrrole nitrogens is 1. The number of nitriles is 1. The molecule has 6 nitrogen and oxygen atoms in total. The minimum absolute atomic E-state index is 0.179. The normalized spacial score (nSPS) is 15.9. The van der Waals surface area contributed by atoms with Gasteiger partial charge in [0.05, 0.1) is 18.2 Å². The second-order valence-corrected chi connectivity index (χ2v) is 9.49. The minimum atomic E-state index is 0.179. The lowest BCUT2D eigenvalue weighted by molar-refractivity contribution is 0.182. The maximum Gasteiger partial charge on any atom is 0.161 e. The summed E-state index contributed by atoms with van der Waals surface area (Å²) in [6, 6.07) is 15.0. The first kappa shape index (κ1) is 24.1. The highest BCUT2D eigenvalue weighted by molar-refractivity contribution is 5.62. The number of ether oxygens (including phenoxy) is 1. The van der Waals surface area contributed by atoms with Crippen LogP contribution in [0.4, 0.5) is 0 Å². The number of nitrogens with zero attached hydrogens (tertiary/aromatic N) is 4. The second-order valence-electron chi connectivity index (χ2n) is 9.49. The number of hydrogen-bond donors (Lipinski definition) is 1. The standard InChI is InChI=1S/C28H35N5O/c1-5-22-14-19(2)26(28-30-27(31-32-28)20(3)18-34-4)15-25(22)17-33-12-10-24(11-13-33)23-8-6-21(16-29)7-9-23/h6-9,14-15,20,24H,5,10-13,17-18H2,1-4H3,(H,30,31,32). The molecule has 2 aromatic carbocycles. The lowest BCUT2D eigenvalue weighted by Crippen LogP contribution is -2.32. The SMILES string of the molecule is CCc1cc(C)c(-c2nnc(C(C)COC)[nH]2)cc1CN1CCC(c2ccc(C#N)cc2)CC1. The van der Waals surface area contributed by atoms with Gasteiger partial charge >= 0.3 is 0 Å². The summed E-state index contributed by atoms with van der Waals surface area (Å²) in [4.78, 5) is 5.99. The molecule has 1 atom stereocenters. The van der Waals surface area contributed by atoms with Gasteiger partial charge in [-0.1, -0.05) is 32.0 Å². The zero-order valence-electron chi connectivity index (χ0n) is 20.8. The van der Waals surface area contributed by atoms with Crippen LogP contribution in [0, 0.1) is 18.3 Å². The van der Waals surface area contributed by atoms with Gasteiger partial charge in [0.25, 0.3) is 0 Å². The van der Waals surface area contributed by atoms with Crippen molar-refractivity contribution in [3.63, 3.8) is 0 Å². The summed E-state index contributed by atoms with van der Waals surface area (Å²) >= 11 is 0. The van der Waals surface area contributed by atoms with Gasteiger partial charge in [0.2, 0.25) is 0 Å². The van der Waals surface area contributed by atoms with Crippen LogP contribution >= 0.6 is 0 Å². The van der Waals surface area contributed by atoms with Crippen molar-refractivity contribution >= 4 is 0 Å². The molecule has 6 heteroatoms. The van der Waals surface area contributed by atoms with Crippen LogP contribution in [-0.2, 0) is 17.7 Å². The number of methoxy groups -OCH3 is 1. The summed E-state index contributed by atoms with van der Waals surface area (Å²) in [5.41, 5.74) is 7.22. The number of aromatic nitrogens is 3. The fraction of sp³-hybridized carbons (Fsp3) is 0.464. The summed E-state index contributed by atoms with van der Waals surface area (Å²) in [5, 5.41) is 17.9. The molecule has 4 rings (SSSR count). The third kappa shape index (κ3) is 5.38. The Balaban J connectivity index is 1.47. The average molecular weight is 458 g/mol. The highest BCUT2D eigenvalue weighted by Gasteiger charge is 2.22. The first-order valence-electron chi connectivity index (χ1n) is 12.3. The van der Waals surface area contributed by atoms with Crippen LogP contribution in [0.1, 0.15) is 72.2 Å². The van der Waals surface area contributed by atoms with E-state index in [1.165, 1.54) is 22.3 Å². The van der Waals surface area contributed by atoms with Crippen molar-refractivity contribution in [1.29, 1.82) is 5.26 Å². The van der Waals surface area contributed by atoms with Crippen LogP contribution < -0.4 is 0 Å². The Labute approximate surface area is 203 Å².